The van der Waals surface area contributed by atoms with E-state index in [0.717, 1.165) is 19.4 Å². The molecular weight excluding hydrogens is 348 g/mol. The highest BCUT2D eigenvalue weighted by Gasteiger charge is 2.09. The van der Waals surface area contributed by atoms with Crippen LogP contribution in [0.2, 0.25) is 5.02 Å². The summed E-state index contributed by atoms with van der Waals surface area (Å²) in [6.07, 6.45) is 1.99. The van der Waals surface area contributed by atoms with Crippen molar-refractivity contribution in [3.8, 4) is 0 Å². The van der Waals surface area contributed by atoms with E-state index < -0.39 is 0 Å². The molecule has 3 rings (SSSR count). The first kappa shape index (κ1) is 17.9. The number of nitrogens with zero attached hydrogens (tertiary/aromatic N) is 2. The van der Waals surface area contributed by atoms with Gasteiger partial charge in [-0.05, 0) is 48.7 Å². The molecule has 0 atom stereocenters. The maximum absolute atomic E-state index is 12.2. The van der Waals surface area contributed by atoms with Crippen molar-refractivity contribution in [1.29, 1.82) is 0 Å². The fourth-order valence-corrected chi connectivity index (χ4v) is 2.65. The Hall–Kier alpha value is -2.92. The molecule has 0 fully saturated rings. The van der Waals surface area contributed by atoms with Crippen LogP contribution in [0, 0.1) is 0 Å². The second kappa shape index (κ2) is 8.97. The van der Waals surface area contributed by atoms with Gasteiger partial charge in [-0.15, -0.1) is 10.2 Å². The molecule has 132 valence electrons. The lowest BCUT2D eigenvalue weighted by molar-refractivity contribution is 0.102. The first-order chi connectivity index (χ1) is 12.7. The molecule has 2 aromatic carbocycles. The topological polar surface area (TPSA) is 66.9 Å². The molecule has 0 radical (unpaired) electrons. The van der Waals surface area contributed by atoms with Gasteiger partial charge in [-0.2, -0.15) is 0 Å². The van der Waals surface area contributed by atoms with Gasteiger partial charge in [-0.25, -0.2) is 0 Å². The molecule has 0 aliphatic carbocycles. The van der Waals surface area contributed by atoms with Gasteiger partial charge < -0.3 is 10.6 Å². The molecule has 5 nitrogen and oxygen atoms in total. The average Bonchev–Trinajstić information content (AvgIpc) is 2.66. The first-order valence-corrected chi connectivity index (χ1v) is 8.77. The van der Waals surface area contributed by atoms with Crippen LogP contribution in [0.5, 0.6) is 0 Å². The third kappa shape index (κ3) is 5.29. The highest BCUT2D eigenvalue weighted by Crippen LogP contribution is 2.15. The van der Waals surface area contributed by atoms with Gasteiger partial charge in [0.05, 0.1) is 0 Å². The molecule has 2 N–H and O–H groups in total. The summed E-state index contributed by atoms with van der Waals surface area (Å²) in [5.74, 6) is 0.327. The Labute approximate surface area is 157 Å². The van der Waals surface area contributed by atoms with Crippen LogP contribution in [-0.2, 0) is 6.42 Å². The van der Waals surface area contributed by atoms with Crippen LogP contribution in [0.3, 0.4) is 0 Å². The van der Waals surface area contributed by atoms with Crippen LogP contribution in [0.1, 0.15) is 22.5 Å². The minimum absolute atomic E-state index is 0.250. The number of aromatic nitrogens is 2. The predicted octanol–water partition coefficient (Wildman–Crippen LogP) is 4.43. The van der Waals surface area contributed by atoms with Crippen LogP contribution in [0.4, 0.5) is 11.5 Å². The highest BCUT2D eigenvalue weighted by atomic mass is 35.5. The molecule has 0 saturated heterocycles. The van der Waals surface area contributed by atoms with Gasteiger partial charge >= 0.3 is 0 Å². The lowest BCUT2D eigenvalue weighted by atomic mass is 10.1. The fourth-order valence-electron chi connectivity index (χ4n) is 2.46. The number of benzene rings is 2. The molecule has 0 aliphatic heterocycles. The minimum Gasteiger partial charge on any atom is -0.369 e. The average molecular weight is 367 g/mol. The van der Waals surface area contributed by atoms with E-state index in [-0.39, 0.29) is 11.6 Å². The quantitative estimate of drug-likeness (QED) is 0.607. The summed E-state index contributed by atoms with van der Waals surface area (Å²) in [5.41, 5.74) is 2.18. The number of amides is 1. The van der Waals surface area contributed by atoms with Crippen LogP contribution in [0.25, 0.3) is 0 Å². The molecule has 0 bridgehead atoms. The summed E-state index contributed by atoms with van der Waals surface area (Å²) >= 11 is 5.91. The van der Waals surface area contributed by atoms with Crippen molar-refractivity contribution >= 4 is 29.0 Å². The predicted molar refractivity (Wildman–Crippen MR) is 105 cm³/mol. The molecule has 0 unspecified atom stereocenters. The first-order valence-electron chi connectivity index (χ1n) is 8.39. The number of rotatable bonds is 7. The van der Waals surface area contributed by atoms with Crippen molar-refractivity contribution < 1.29 is 4.79 Å². The Morgan fingerprint density at radius 2 is 1.81 bits per heavy atom. The van der Waals surface area contributed by atoms with Crippen molar-refractivity contribution in [3.05, 3.63) is 83.0 Å². The maximum Gasteiger partial charge on any atom is 0.276 e. The van der Waals surface area contributed by atoms with E-state index in [1.54, 1.807) is 36.4 Å². The van der Waals surface area contributed by atoms with E-state index >= 15 is 0 Å². The number of aryl methyl sites for hydroxylation is 1. The normalized spacial score (nSPS) is 10.3. The Morgan fingerprint density at radius 1 is 0.962 bits per heavy atom. The molecule has 0 spiro atoms. The Kier molecular flexibility index (Phi) is 6.17. The molecule has 1 aromatic heterocycles. The molecule has 3 aromatic rings. The smallest absolute Gasteiger partial charge is 0.276 e. The van der Waals surface area contributed by atoms with Crippen molar-refractivity contribution in [2.45, 2.75) is 12.8 Å². The summed E-state index contributed by atoms with van der Waals surface area (Å²) < 4.78 is 0. The zero-order valence-electron chi connectivity index (χ0n) is 14.2. The maximum atomic E-state index is 12.2. The molecule has 0 aliphatic rings. The van der Waals surface area contributed by atoms with Crippen molar-refractivity contribution in [1.82, 2.24) is 10.2 Å². The van der Waals surface area contributed by atoms with Gasteiger partial charge in [0.2, 0.25) is 0 Å². The summed E-state index contributed by atoms with van der Waals surface area (Å²) in [5, 5.41) is 14.5. The molecule has 1 amide bonds. The number of hydrogen-bond acceptors (Lipinski definition) is 4. The highest BCUT2D eigenvalue weighted by molar-refractivity contribution is 6.30. The van der Waals surface area contributed by atoms with Crippen molar-refractivity contribution in [2.24, 2.45) is 0 Å². The Bertz CT molecular complexity index is 853. The van der Waals surface area contributed by atoms with E-state index in [4.69, 9.17) is 11.6 Å². The number of anilines is 2. The molecule has 26 heavy (non-hydrogen) atoms. The van der Waals surface area contributed by atoms with Gasteiger partial charge in [0.25, 0.3) is 5.91 Å². The molecule has 1 heterocycles. The Balaban J connectivity index is 1.47. The van der Waals surface area contributed by atoms with E-state index in [2.05, 4.69) is 33.0 Å². The zero-order valence-corrected chi connectivity index (χ0v) is 14.9. The molecular formula is C20H19ClN4O. The van der Waals surface area contributed by atoms with Gasteiger partial charge in [-0.1, -0.05) is 48.0 Å². The van der Waals surface area contributed by atoms with E-state index in [9.17, 15) is 4.79 Å². The van der Waals surface area contributed by atoms with Gasteiger partial charge in [0.1, 0.15) is 5.82 Å². The SMILES string of the molecule is O=C(Nc1cccc(Cl)c1)c1ccc(NCCCc2ccccc2)nn1. The van der Waals surface area contributed by atoms with Gasteiger partial charge in [-0.3, -0.25) is 4.79 Å². The summed E-state index contributed by atoms with van der Waals surface area (Å²) in [4.78, 5) is 12.2. The number of nitrogens with one attached hydrogen (secondary N) is 2. The van der Waals surface area contributed by atoms with Crippen molar-refractivity contribution in [2.75, 3.05) is 17.2 Å². The van der Waals surface area contributed by atoms with Crippen LogP contribution in [0.15, 0.2) is 66.7 Å². The molecule has 6 heteroatoms. The Morgan fingerprint density at radius 3 is 2.54 bits per heavy atom. The third-order valence-corrected chi connectivity index (χ3v) is 4.01. The largest absolute Gasteiger partial charge is 0.369 e. The summed E-state index contributed by atoms with van der Waals surface area (Å²) in [6, 6.07) is 20.7. The van der Waals surface area contributed by atoms with Crippen LogP contribution in [-0.4, -0.2) is 22.6 Å². The lowest BCUT2D eigenvalue weighted by Crippen LogP contribution is -2.15. The minimum atomic E-state index is -0.324. The van der Waals surface area contributed by atoms with E-state index in [1.165, 1.54) is 5.56 Å². The van der Waals surface area contributed by atoms with E-state index in [1.807, 2.05) is 18.2 Å². The van der Waals surface area contributed by atoms with Gasteiger partial charge in [0.15, 0.2) is 5.69 Å². The summed E-state index contributed by atoms with van der Waals surface area (Å²) in [7, 11) is 0. The zero-order chi connectivity index (χ0) is 18.2. The third-order valence-electron chi connectivity index (χ3n) is 3.77. The second-order valence-electron chi connectivity index (χ2n) is 5.78. The molecule has 0 saturated carbocycles. The number of hydrogen-bond donors (Lipinski definition) is 2. The van der Waals surface area contributed by atoms with Crippen LogP contribution >= 0.6 is 11.6 Å². The summed E-state index contributed by atoms with van der Waals surface area (Å²) in [6.45, 7) is 0.789. The fraction of sp³-hybridized carbons (Fsp3) is 0.150. The lowest BCUT2D eigenvalue weighted by Gasteiger charge is -2.07. The number of halogens is 1. The monoisotopic (exact) mass is 366 g/mol. The second-order valence-corrected chi connectivity index (χ2v) is 6.22. The van der Waals surface area contributed by atoms with E-state index in [0.29, 0.717) is 16.5 Å². The van der Waals surface area contributed by atoms with Crippen molar-refractivity contribution in [3.63, 3.8) is 0 Å². The standard InChI is InChI=1S/C20H19ClN4O/c21-16-9-4-10-17(14-16)23-20(26)18-11-12-19(25-24-18)22-13-5-8-15-6-2-1-3-7-15/h1-4,6-7,9-12,14H,5,8,13H2,(H,22,25)(H,23,26). The number of carbonyl (C=O) groups is 1. The van der Waals surface area contributed by atoms with Gasteiger partial charge in [0, 0.05) is 17.3 Å². The van der Waals surface area contributed by atoms with Crippen LogP contribution < -0.4 is 10.6 Å². The number of carbonyl (C=O) groups excluding carboxylic acids is 1.